The van der Waals surface area contributed by atoms with Gasteiger partial charge in [0.15, 0.2) is 0 Å². The molecule has 1 N–H and O–H groups in total. The van der Waals surface area contributed by atoms with Crippen LogP contribution in [0.3, 0.4) is 0 Å². The van der Waals surface area contributed by atoms with E-state index in [2.05, 4.69) is 54.3 Å². The topological polar surface area (TPSA) is 37.8 Å². The summed E-state index contributed by atoms with van der Waals surface area (Å²) < 4.78 is 0. The Kier molecular flexibility index (Phi) is 3.60. The molecule has 0 saturated heterocycles. The average Bonchev–Trinajstić information content (AvgIpc) is 2.41. The van der Waals surface area contributed by atoms with E-state index >= 15 is 0 Å². The molecule has 1 aromatic carbocycles. The first-order chi connectivity index (χ1) is 8.69. The van der Waals surface area contributed by atoms with Crippen LogP contribution in [0.4, 0.5) is 5.82 Å². The number of hydrogen-bond acceptors (Lipinski definition) is 3. The molecule has 0 radical (unpaired) electrons. The molecule has 0 amide bonds. The smallest absolute Gasteiger partial charge is 0.132 e. The third-order valence-electron chi connectivity index (χ3n) is 3.40. The minimum absolute atomic E-state index is 0.916. The highest BCUT2D eigenvalue weighted by Crippen LogP contribution is 2.29. The van der Waals surface area contributed by atoms with Gasteiger partial charge in [0, 0.05) is 18.2 Å². The summed E-state index contributed by atoms with van der Waals surface area (Å²) in [5, 5.41) is 3.14. The molecule has 0 aliphatic carbocycles. The predicted octanol–water partition coefficient (Wildman–Crippen LogP) is 3.36. The van der Waals surface area contributed by atoms with Gasteiger partial charge in [0.05, 0.1) is 5.69 Å². The molecule has 94 valence electrons. The first-order valence-electron chi connectivity index (χ1n) is 6.27. The van der Waals surface area contributed by atoms with Crippen LogP contribution in [-0.2, 0) is 6.42 Å². The van der Waals surface area contributed by atoms with Crippen molar-refractivity contribution in [3.63, 3.8) is 0 Å². The zero-order valence-electron chi connectivity index (χ0n) is 11.4. The molecule has 2 rings (SSSR count). The summed E-state index contributed by atoms with van der Waals surface area (Å²) >= 11 is 0. The van der Waals surface area contributed by atoms with E-state index in [4.69, 9.17) is 0 Å². The molecule has 0 aliphatic rings. The summed E-state index contributed by atoms with van der Waals surface area (Å²) in [6.07, 6.45) is 2.54. The van der Waals surface area contributed by atoms with Gasteiger partial charge in [-0.05, 0) is 31.4 Å². The van der Waals surface area contributed by atoms with Gasteiger partial charge >= 0.3 is 0 Å². The normalized spacial score (nSPS) is 10.4. The molecule has 18 heavy (non-hydrogen) atoms. The number of nitrogens with zero attached hydrogens (tertiary/aromatic N) is 2. The predicted molar refractivity (Wildman–Crippen MR) is 75.9 cm³/mol. The van der Waals surface area contributed by atoms with Crippen LogP contribution in [0.25, 0.3) is 11.3 Å². The average molecular weight is 241 g/mol. The van der Waals surface area contributed by atoms with Crippen molar-refractivity contribution < 1.29 is 0 Å². The first kappa shape index (κ1) is 12.6. The van der Waals surface area contributed by atoms with Gasteiger partial charge in [0.2, 0.25) is 0 Å². The SMILES string of the molecule is CCc1c(NC)ncnc1-c1cccc(C)c1C. The third kappa shape index (κ3) is 2.08. The molecule has 0 saturated carbocycles. The summed E-state index contributed by atoms with van der Waals surface area (Å²) in [5.41, 5.74) is 5.99. The Morgan fingerprint density at radius 1 is 1.17 bits per heavy atom. The van der Waals surface area contributed by atoms with E-state index in [9.17, 15) is 0 Å². The van der Waals surface area contributed by atoms with E-state index in [1.54, 1.807) is 6.33 Å². The van der Waals surface area contributed by atoms with Crippen molar-refractivity contribution in [1.29, 1.82) is 0 Å². The van der Waals surface area contributed by atoms with Gasteiger partial charge in [0.25, 0.3) is 0 Å². The molecule has 0 fully saturated rings. The summed E-state index contributed by atoms with van der Waals surface area (Å²) in [6.45, 7) is 6.41. The van der Waals surface area contributed by atoms with Crippen molar-refractivity contribution in [3.8, 4) is 11.3 Å². The van der Waals surface area contributed by atoms with E-state index < -0.39 is 0 Å². The zero-order valence-corrected chi connectivity index (χ0v) is 11.4. The Hall–Kier alpha value is -1.90. The Labute approximate surface area is 108 Å². The van der Waals surface area contributed by atoms with E-state index in [1.807, 2.05) is 7.05 Å². The molecule has 1 heterocycles. The summed E-state index contributed by atoms with van der Waals surface area (Å²) in [4.78, 5) is 8.76. The molecule has 0 unspecified atom stereocenters. The second-order valence-electron chi connectivity index (χ2n) is 4.40. The molecule has 3 heteroatoms. The maximum absolute atomic E-state index is 4.48. The van der Waals surface area contributed by atoms with E-state index in [-0.39, 0.29) is 0 Å². The number of rotatable bonds is 3. The van der Waals surface area contributed by atoms with Crippen molar-refractivity contribution in [2.24, 2.45) is 0 Å². The van der Waals surface area contributed by atoms with Crippen molar-refractivity contribution in [3.05, 3.63) is 41.2 Å². The van der Waals surface area contributed by atoms with Crippen LogP contribution in [0.1, 0.15) is 23.6 Å². The quantitative estimate of drug-likeness (QED) is 0.895. The Balaban J connectivity index is 2.67. The lowest BCUT2D eigenvalue weighted by Crippen LogP contribution is -2.03. The molecule has 0 aliphatic heterocycles. The van der Waals surface area contributed by atoms with Crippen molar-refractivity contribution in [2.45, 2.75) is 27.2 Å². The molecule has 1 aromatic heterocycles. The lowest BCUT2D eigenvalue weighted by Gasteiger charge is -2.14. The molecular weight excluding hydrogens is 222 g/mol. The molecule has 0 bridgehead atoms. The van der Waals surface area contributed by atoms with Crippen molar-refractivity contribution >= 4 is 5.82 Å². The molecule has 2 aromatic rings. The van der Waals surface area contributed by atoms with Gasteiger partial charge in [-0.1, -0.05) is 25.1 Å². The number of aryl methyl sites for hydroxylation is 1. The van der Waals surface area contributed by atoms with Crippen LogP contribution in [0.2, 0.25) is 0 Å². The lowest BCUT2D eigenvalue weighted by atomic mass is 9.97. The minimum atomic E-state index is 0.916. The third-order valence-corrected chi connectivity index (χ3v) is 3.40. The number of nitrogens with one attached hydrogen (secondary N) is 1. The Morgan fingerprint density at radius 3 is 2.61 bits per heavy atom. The van der Waals surface area contributed by atoms with Crippen LogP contribution in [0.5, 0.6) is 0 Å². The Bertz CT molecular complexity index is 562. The van der Waals surface area contributed by atoms with Crippen LogP contribution in [0.15, 0.2) is 24.5 Å². The summed E-state index contributed by atoms with van der Waals surface area (Å²) in [7, 11) is 1.90. The molecular formula is C15H19N3. The van der Waals surface area contributed by atoms with Gasteiger partial charge in [-0.2, -0.15) is 0 Å². The lowest BCUT2D eigenvalue weighted by molar-refractivity contribution is 1.05. The second kappa shape index (κ2) is 5.17. The maximum Gasteiger partial charge on any atom is 0.132 e. The molecule has 0 spiro atoms. The highest BCUT2D eigenvalue weighted by molar-refractivity contribution is 5.71. The number of anilines is 1. The summed E-state index contributed by atoms with van der Waals surface area (Å²) in [5.74, 6) is 0.920. The summed E-state index contributed by atoms with van der Waals surface area (Å²) in [6, 6.07) is 6.34. The van der Waals surface area contributed by atoms with Gasteiger partial charge in [-0.15, -0.1) is 0 Å². The highest BCUT2D eigenvalue weighted by atomic mass is 15.0. The highest BCUT2D eigenvalue weighted by Gasteiger charge is 2.12. The number of benzene rings is 1. The van der Waals surface area contributed by atoms with Crippen molar-refractivity contribution in [2.75, 3.05) is 12.4 Å². The minimum Gasteiger partial charge on any atom is -0.373 e. The van der Waals surface area contributed by atoms with E-state index in [0.717, 1.165) is 17.9 Å². The van der Waals surface area contributed by atoms with Gasteiger partial charge < -0.3 is 5.32 Å². The van der Waals surface area contributed by atoms with Crippen LogP contribution in [-0.4, -0.2) is 17.0 Å². The van der Waals surface area contributed by atoms with Crippen LogP contribution >= 0.6 is 0 Å². The van der Waals surface area contributed by atoms with Gasteiger partial charge in [-0.3, -0.25) is 0 Å². The fraction of sp³-hybridized carbons (Fsp3) is 0.333. The van der Waals surface area contributed by atoms with E-state index in [0.29, 0.717) is 0 Å². The number of hydrogen-bond donors (Lipinski definition) is 1. The van der Waals surface area contributed by atoms with Crippen LogP contribution in [0, 0.1) is 13.8 Å². The fourth-order valence-corrected chi connectivity index (χ4v) is 2.20. The van der Waals surface area contributed by atoms with Gasteiger partial charge in [0.1, 0.15) is 12.1 Å². The second-order valence-corrected chi connectivity index (χ2v) is 4.40. The molecule has 3 nitrogen and oxygen atoms in total. The van der Waals surface area contributed by atoms with Crippen LogP contribution < -0.4 is 5.32 Å². The van der Waals surface area contributed by atoms with Gasteiger partial charge in [-0.25, -0.2) is 9.97 Å². The van der Waals surface area contributed by atoms with E-state index in [1.165, 1.54) is 22.3 Å². The number of aromatic nitrogens is 2. The zero-order chi connectivity index (χ0) is 13.1. The Morgan fingerprint density at radius 2 is 1.94 bits per heavy atom. The van der Waals surface area contributed by atoms with Crippen molar-refractivity contribution in [1.82, 2.24) is 9.97 Å². The maximum atomic E-state index is 4.48. The fourth-order valence-electron chi connectivity index (χ4n) is 2.20. The largest absolute Gasteiger partial charge is 0.373 e. The monoisotopic (exact) mass is 241 g/mol. The first-order valence-corrected chi connectivity index (χ1v) is 6.27. The standard InChI is InChI=1S/C15H19N3/c1-5-12-14(17-9-18-15(12)16-4)13-8-6-7-10(2)11(13)3/h6-9H,5H2,1-4H3,(H,16,17,18). The molecule has 0 atom stereocenters.